The summed E-state index contributed by atoms with van der Waals surface area (Å²) in [6.07, 6.45) is 0. The highest BCUT2D eigenvalue weighted by Crippen LogP contribution is 2.49. The van der Waals surface area contributed by atoms with Crippen molar-refractivity contribution < 1.29 is 0 Å². The maximum atomic E-state index is 5.50. The third-order valence-corrected chi connectivity index (χ3v) is 13.7. The quantitative estimate of drug-likeness (QED) is 0.167. The first kappa shape index (κ1) is 37.2. The highest BCUT2D eigenvalue weighted by molar-refractivity contribution is 6.12. The van der Waals surface area contributed by atoms with Crippen molar-refractivity contribution in [3.63, 3.8) is 0 Å². The van der Waals surface area contributed by atoms with E-state index in [9.17, 15) is 0 Å². The van der Waals surface area contributed by atoms with Crippen LogP contribution in [0.3, 0.4) is 0 Å². The lowest BCUT2D eigenvalue weighted by molar-refractivity contribution is 0.658. The molecule has 0 atom stereocenters. The molecule has 0 amide bonds. The predicted molar refractivity (Wildman–Crippen MR) is 270 cm³/mol. The van der Waals surface area contributed by atoms with Gasteiger partial charge in [0, 0.05) is 49.5 Å². The summed E-state index contributed by atoms with van der Waals surface area (Å²) in [7, 11) is 0. The van der Waals surface area contributed by atoms with Crippen molar-refractivity contribution >= 4 is 43.6 Å². The average Bonchev–Trinajstić information content (AvgIpc) is 3.96. The van der Waals surface area contributed by atoms with E-state index in [4.69, 9.17) is 9.97 Å². The van der Waals surface area contributed by atoms with Crippen LogP contribution >= 0.6 is 0 Å². The Morgan fingerprint density at radius 3 is 1.00 bits per heavy atom. The second-order valence-corrected chi connectivity index (χ2v) is 17.8. The van der Waals surface area contributed by atoms with E-state index in [2.05, 4.69) is 241 Å². The number of nitrogens with zero attached hydrogens (tertiary/aromatic N) is 4. The molecule has 4 heterocycles. The van der Waals surface area contributed by atoms with Crippen LogP contribution in [0.5, 0.6) is 0 Å². The smallest absolute Gasteiger partial charge is 0.0937 e. The van der Waals surface area contributed by atoms with Gasteiger partial charge in [0.05, 0.1) is 44.8 Å². The van der Waals surface area contributed by atoms with E-state index in [1.54, 1.807) is 0 Å². The lowest BCUT2D eigenvalue weighted by Gasteiger charge is -2.20. The zero-order chi connectivity index (χ0) is 43.2. The Balaban J connectivity index is 0.941. The molecule has 0 saturated carbocycles. The minimum absolute atomic E-state index is 0.248. The second-order valence-electron chi connectivity index (χ2n) is 17.8. The van der Waals surface area contributed by atoms with E-state index < -0.39 is 0 Å². The fraction of sp³-hybridized carbons (Fsp3) is 0.0492. The molecular weight excluding hydrogens is 789 g/mol. The van der Waals surface area contributed by atoms with Crippen LogP contribution in [0.15, 0.2) is 218 Å². The van der Waals surface area contributed by atoms with Crippen molar-refractivity contribution in [2.75, 3.05) is 0 Å². The summed E-state index contributed by atoms with van der Waals surface area (Å²) in [6.45, 7) is 4.59. The summed E-state index contributed by atoms with van der Waals surface area (Å²) >= 11 is 0. The lowest BCUT2D eigenvalue weighted by Crippen LogP contribution is -2.15. The van der Waals surface area contributed by atoms with Gasteiger partial charge in [0.1, 0.15) is 0 Å². The van der Waals surface area contributed by atoms with E-state index in [1.807, 2.05) is 0 Å². The van der Waals surface area contributed by atoms with E-state index in [1.165, 1.54) is 66.0 Å². The Kier molecular flexibility index (Phi) is 8.22. The van der Waals surface area contributed by atoms with Crippen molar-refractivity contribution in [1.29, 1.82) is 0 Å². The fourth-order valence-corrected chi connectivity index (χ4v) is 10.4. The van der Waals surface area contributed by atoms with E-state index in [0.29, 0.717) is 0 Å². The van der Waals surface area contributed by atoms with Crippen LogP contribution in [0.2, 0.25) is 0 Å². The third-order valence-electron chi connectivity index (χ3n) is 13.7. The Morgan fingerprint density at radius 2 is 0.631 bits per heavy atom. The van der Waals surface area contributed by atoms with Crippen molar-refractivity contribution in [2.24, 2.45) is 0 Å². The van der Waals surface area contributed by atoms with Gasteiger partial charge in [0.2, 0.25) is 0 Å². The van der Waals surface area contributed by atoms with Gasteiger partial charge < -0.3 is 9.13 Å². The topological polar surface area (TPSA) is 35.6 Å². The van der Waals surface area contributed by atoms with E-state index in [-0.39, 0.29) is 5.41 Å². The first-order valence-electron chi connectivity index (χ1n) is 22.4. The zero-order valence-electron chi connectivity index (χ0n) is 36.1. The van der Waals surface area contributed by atoms with Gasteiger partial charge in [0.25, 0.3) is 0 Å². The number of para-hydroxylation sites is 2. The number of hydrogen-bond donors (Lipinski definition) is 0. The van der Waals surface area contributed by atoms with E-state index in [0.717, 1.165) is 56.3 Å². The molecule has 0 spiro atoms. The zero-order valence-corrected chi connectivity index (χ0v) is 36.1. The molecule has 0 saturated heterocycles. The Hall–Kier alpha value is -8.34. The molecule has 13 rings (SSSR count). The number of pyridine rings is 2. The SMILES string of the molecule is CC1(C)c2ccc(-c3ccc4c5ccc(-c6ccccc6)cc5n(-c5ccccc5)c4c3)nc2-c2nc(-c3ccc4c5ccc(-c6ccccc6)cc5n(-c5ccccc5)c4c3)ccc21. The summed E-state index contributed by atoms with van der Waals surface area (Å²) in [6, 6.07) is 78.9. The maximum absolute atomic E-state index is 5.50. The molecule has 65 heavy (non-hydrogen) atoms. The van der Waals surface area contributed by atoms with Crippen LogP contribution in [0.1, 0.15) is 25.0 Å². The van der Waals surface area contributed by atoms with Crippen LogP contribution in [-0.4, -0.2) is 19.1 Å². The molecule has 0 aliphatic heterocycles. The second kappa shape index (κ2) is 14.3. The van der Waals surface area contributed by atoms with Gasteiger partial charge in [-0.05, 0) is 94.0 Å². The number of aromatic nitrogens is 4. The van der Waals surface area contributed by atoms with Crippen LogP contribution in [-0.2, 0) is 5.41 Å². The molecule has 12 aromatic rings. The van der Waals surface area contributed by atoms with Crippen LogP contribution in [0, 0.1) is 0 Å². The number of rotatable bonds is 6. The first-order chi connectivity index (χ1) is 32.0. The van der Waals surface area contributed by atoms with Gasteiger partial charge >= 0.3 is 0 Å². The van der Waals surface area contributed by atoms with Gasteiger partial charge in [0.15, 0.2) is 0 Å². The molecule has 0 radical (unpaired) electrons. The predicted octanol–water partition coefficient (Wildman–Crippen LogP) is 15.6. The molecule has 8 aromatic carbocycles. The summed E-state index contributed by atoms with van der Waals surface area (Å²) in [5.74, 6) is 0. The lowest BCUT2D eigenvalue weighted by atomic mass is 9.83. The summed E-state index contributed by atoms with van der Waals surface area (Å²) in [5.41, 5.74) is 19.8. The highest BCUT2D eigenvalue weighted by atomic mass is 15.0. The van der Waals surface area contributed by atoms with Crippen LogP contribution in [0.4, 0.5) is 0 Å². The van der Waals surface area contributed by atoms with Crippen LogP contribution in [0.25, 0.3) is 111 Å². The van der Waals surface area contributed by atoms with Crippen molar-refractivity contribution in [2.45, 2.75) is 19.3 Å². The monoisotopic (exact) mass is 830 g/mol. The molecular formula is C61H42N4. The highest BCUT2D eigenvalue weighted by Gasteiger charge is 2.38. The molecule has 1 aliphatic rings. The standard InChI is InChI=1S/C61H42N4/c1-61(2)51-31-33-53(43-25-29-49-47-27-23-41(39-15-7-3-8-16-39)35-55(47)64(57(49)37-43)45-19-11-5-12-20-45)62-59(51)60-52(61)32-34-54(63-60)44-26-30-50-48-28-24-42(40-17-9-4-10-18-40)36-56(48)65(58(50)38-44)46-21-13-6-14-22-46/h3-38H,1-2H3. The van der Waals surface area contributed by atoms with Gasteiger partial charge in [-0.3, -0.25) is 0 Å². The Bertz CT molecular complexity index is 3570. The van der Waals surface area contributed by atoms with Gasteiger partial charge in [-0.25, -0.2) is 9.97 Å². The molecule has 1 aliphatic carbocycles. The minimum atomic E-state index is -0.248. The minimum Gasteiger partial charge on any atom is -0.309 e. The van der Waals surface area contributed by atoms with Crippen molar-refractivity contribution in [1.82, 2.24) is 19.1 Å². The summed E-state index contributed by atoms with van der Waals surface area (Å²) in [5, 5.41) is 4.88. The average molecular weight is 831 g/mol. The molecule has 4 aromatic heterocycles. The Morgan fingerprint density at radius 1 is 0.308 bits per heavy atom. The van der Waals surface area contributed by atoms with Crippen LogP contribution < -0.4 is 0 Å². The van der Waals surface area contributed by atoms with Crippen molar-refractivity contribution in [3.8, 4) is 67.5 Å². The normalized spacial score (nSPS) is 12.9. The van der Waals surface area contributed by atoms with E-state index >= 15 is 0 Å². The summed E-state index contributed by atoms with van der Waals surface area (Å²) < 4.78 is 4.80. The maximum Gasteiger partial charge on any atom is 0.0937 e. The molecule has 0 N–H and O–H groups in total. The molecule has 4 heteroatoms. The van der Waals surface area contributed by atoms with Gasteiger partial charge in [-0.1, -0.05) is 172 Å². The largest absolute Gasteiger partial charge is 0.309 e. The number of benzene rings is 8. The molecule has 306 valence electrons. The number of fused-ring (bicyclic) bond motifs is 9. The van der Waals surface area contributed by atoms with Gasteiger partial charge in [-0.2, -0.15) is 0 Å². The van der Waals surface area contributed by atoms with Gasteiger partial charge in [-0.15, -0.1) is 0 Å². The Labute approximate surface area is 377 Å². The fourth-order valence-electron chi connectivity index (χ4n) is 10.4. The first-order valence-corrected chi connectivity index (χ1v) is 22.4. The number of hydrogen-bond acceptors (Lipinski definition) is 2. The molecule has 0 bridgehead atoms. The summed E-state index contributed by atoms with van der Waals surface area (Å²) in [4.78, 5) is 11.0. The molecule has 4 nitrogen and oxygen atoms in total. The molecule has 0 fully saturated rings. The van der Waals surface area contributed by atoms with Crippen molar-refractivity contribution in [3.05, 3.63) is 230 Å². The third kappa shape index (κ3) is 5.84. The molecule has 0 unspecified atom stereocenters.